The van der Waals surface area contributed by atoms with E-state index in [0.29, 0.717) is 11.7 Å². The SMILES string of the molecule is COc1ccc2nc(SC(C(=O)NCc3ccc(F)cc3)c3ccccc3)[nH]c2c1. The molecule has 0 aliphatic heterocycles. The minimum Gasteiger partial charge on any atom is -0.497 e. The minimum absolute atomic E-state index is 0.145. The molecule has 0 saturated heterocycles. The molecule has 0 radical (unpaired) electrons. The number of fused-ring (bicyclic) bond motifs is 1. The number of benzene rings is 3. The molecule has 5 nitrogen and oxygen atoms in total. The Kier molecular flexibility index (Phi) is 5.99. The van der Waals surface area contributed by atoms with Crippen molar-refractivity contribution >= 4 is 28.7 Å². The number of methoxy groups -OCH3 is 1. The van der Waals surface area contributed by atoms with E-state index < -0.39 is 5.25 Å². The molecule has 1 heterocycles. The van der Waals surface area contributed by atoms with Crippen molar-refractivity contribution < 1.29 is 13.9 Å². The molecule has 1 atom stereocenters. The van der Waals surface area contributed by atoms with Gasteiger partial charge >= 0.3 is 0 Å². The monoisotopic (exact) mass is 421 g/mol. The standard InChI is InChI=1S/C23H20FN3O2S/c1-29-18-11-12-19-20(13-18)27-23(26-19)30-21(16-5-3-2-4-6-16)22(28)25-14-15-7-9-17(24)10-8-15/h2-13,21H,14H2,1H3,(H,25,28)(H,26,27). The highest BCUT2D eigenvalue weighted by Gasteiger charge is 2.23. The summed E-state index contributed by atoms with van der Waals surface area (Å²) in [5.41, 5.74) is 3.35. The topological polar surface area (TPSA) is 67.0 Å². The predicted octanol–water partition coefficient (Wildman–Crippen LogP) is 4.86. The lowest BCUT2D eigenvalue weighted by molar-refractivity contribution is -0.120. The molecule has 0 spiro atoms. The fourth-order valence-corrected chi connectivity index (χ4v) is 4.07. The number of hydrogen-bond donors (Lipinski definition) is 2. The zero-order valence-electron chi connectivity index (χ0n) is 16.3. The molecule has 0 aliphatic rings. The number of halogens is 1. The molecule has 1 aromatic heterocycles. The summed E-state index contributed by atoms with van der Waals surface area (Å²) in [7, 11) is 1.62. The largest absolute Gasteiger partial charge is 0.497 e. The maximum Gasteiger partial charge on any atom is 0.238 e. The van der Waals surface area contributed by atoms with E-state index in [4.69, 9.17) is 4.74 Å². The summed E-state index contributed by atoms with van der Waals surface area (Å²) in [6, 6.07) is 21.2. The molecule has 1 unspecified atom stereocenters. The van der Waals surface area contributed by atoms with Crippen molar-refractivity contribution in [1.29, 1.82) is 0 Å². The van der Waals surface area contributed by atoms with Crippen LogP contribution in [0.5, 0.6) is 5.75 Å². The van der Waals surface area contributed by atoms with Gasteiger partial charge in [-0.1, -0.05) is 54.2 Å². The number of carbonyl (C=O) groups is 1. The van der Waals surface area contributed by atoms with Crippen molar-refractivity contribution in [1.82, 2.24) is 15.3 Å². The number of amides is 1. The Morgan fingerprint density at radius 1 is 1.13 bits per heavy atom. The molecule has 4 rings (SSSR count). The van der Waals surface area contributed by atoms with E-state index in [1.54, 1.807) is 19.2 Å². The first kappa shape index (κ1) is 20.0. The third-order valence-corrected chi connectivity index (χ3v) is 5.76. The number of imidazole rings is 1. The minimum atomic E-state index is -0.492. The molecule has 0 bridgehead atoms. The Bertz CT molecular complexity index is 1150. The summed E-state index contributed by atoms with van der Waals surface area (Å²) in [6.45, 7) is 0.320. The first-order valence-electron chi connectivity index (χ1n) is 9.40. The molecule has 2 N–H and O–H groups in total. The zero-order valence-corrected chi connectivity index (χ0v) is 17.1. The third kappa shape index (κ3) is 4.63. The van der Waals surface area contributed by atoms with Crippen LogP contribution in [0.2, 0.25) is 0 Å². The van der Waals surface area contributed by atoms with Gasteiger partial charge in [0.05, 0.1) is 18.1 Å². The molecular weight excluding hydrogens is 401 g/mol. The van der Waals surface area contributed by atoms with Crippen LogP contribution in [0.15, 0.2) is 78.0 Å². The second kappa shape index (κ2) is 9.00. The highest BCUT2D eigenvalue weighted by molar-refractivity contribution is 8.00. The summed E-state index contributed by atoms with van der Waals surface area (Å²) in [5.74, 6) is 0.289. The van der Waals surface area contributed by atoms with Crippen LogP contribution in [-0.2, 0) is 11.3 Å². The fourth-order valence-electron chi connectivity index (χ4n) is 3.04. The molecule has 3 aromatic carbocycles. The third-order valence-electron chi connectivity index (χ3n) is 4.62. The smallest absolute Gasteiger partial charge is 0.238 e. The van der Waals surface area contributed by atoms with Crippen LogP contribution in [0.25, 0.3) is 11.0 Å². The number of thioether (sulfide) groups is 1. The molecular formula is C23H20FN3O2S. The Morgan fingerprint density at radius 2 is 1.90 bits per heavy atom. The molecule has 4 aromatic rings. The predicted molar refractivity (Wildman–Crippen MR) is 116 cm³/mol. The van der Waals surface area contributed by atoms with Gasteiger partial charge in [-0.3, -0.25) is 4.79 Å². The number of rotatable bonds is 7. The number of hydrogen-bond acceptors (Lipinski definition) is 4. The number of ether oxygens (including phenoxy) is 1. The summed E-state index contributed by atoms with van der Waals surface area (Å²) in [6.07, 6.45) is 0. The molecule has 152 valence electrons. The highest BCUT2D eigenvalue weighted by Crippen LogP contribution is 2.35. The van der Waals surface area contributed by atoms with Crippen LogP contribution in [0, 0.1) is 5.82 Å². The van der Waals surface area contributed by atoms with Crippen LogP contribution < -0.4 is 10.1 Å². The number of aromatic nitrogens is 2. The zero-order chi connectivity index (χ0) is 20.9. The number of H-pyrrole nitrogens is 1. The fraction of sp³-hybridized carbons (Fsp3) is 0.130. The van der Waals surface area contributed by atoms with Crippen molar-refractivity contribution in [3.63, 3.8) is 0 Å². The average molecular weight is 421 g/mol. The van der Waals surface area contributed by atoms with Gasteiger partial charge < -0.3 is 15.0 Å². The summed E-state index contributed by atoms with van der Waals surface area (Å²) in [4.78, 5) is 20.9. The summed E-state index contributed by atoms with van der Waals surface area (Å²) >= 11 is 1.35. The maximum atomic E-state index is 13.1. The Morgan fingerprint density at radius 3 is 2.63 bits per heavy atom. The number of nitrogens with zero attached hydrogens (tertiary/aromatic N) is 1. The lowest BCUT2D eigenvalue weighted by Crippen LogP contribution is -2.27. The first-order valence-corrected chi connectivity index (χ1v) is 10.3. The van der Waals surface area contributed by atoms with Gasteiger partial charge in [0.2, 0.25) is 5.91 Å². The second-order valence-corrected chi connectivity index (χ2v) is 7.77. The van der Waals surface area contributed by atoms with E-state index in [1.165, 1.54) is 23.9 Å². The summed E-state index contributed by atoms with van der Waals surface area (Å²) in [5, 5.41) is 3.10. The van der Waals surface area contributed by atoms with Gasteiger partial charge in [0.25, 0.3) is 0 Å². The molecule has 30 heavy (non-hydrogen) atoms. The van der Waals surface area contributed by atoms with Crippen molar-refractivity contribution in [2.45, 2.75) is 17.0 Å². The average Bonchev–Trinajstić information content (AvgIpc) is 3.19. The van der Waals surface area contributed by atoms with Crippen molar-refractivity contribution in [3.8, 4) is 5.75 Å². The van der Waals surface area contributed by atoms with E-state index in [2.05, 4.69) is 15.3 Å². The van der Waals surface area contributed by atoms with Crippen molar-refractivity contribution in [2.24, 2.45) is 0 Å². The first-order chi connectivity index (χ1) is 14.6. The van der Waals surface area contributed by atoms with Crippen LogP contribution >= 0.6 is 11.8 Å². The van der Waals surface area contributed by atoms with Crippen molar-refractivity contribution in [2.75, 3.05) is 7.11 Å². The normalized spacial score (nSPS) is 11.9. The lowest BCUT2D eigenvalue weighted by atomic mass is 10.1. The van der Waals surface area contributed by atoms with Gasteiger partial charge in [-0.25, -0.2) is 9.37 Å². The van der Waals surface area contributed by atoms with Crippen molar-refractivity contribution in [3.05, 3.63) is 89.7 Å². The molecule has 0 fully saturated rings. The van der Waals surface area contributed by atoms with Crippen LogP contribution in [0.4, 0.5) is 4.39 Å². The van der Waals surface area contributed by atoms with E-state index in [0.717, 1.165) is 27.9 Å². The number of nitrogens with one attached hydrogen (secondary N) is 2. The quantitative estimate of drug-likeness (QED) is 0.418. The van der Waals surface area contributed by atoms with E-state index in [1.807, 2.05) is 48.5 Å². The lowest BCUT2D eigenvalue weighted by Gasteiger charge is -2.16. The van der Waals surface area contributed by atoms with E-state index in [-0.39, 0.29) is 11.7 Å². The second-order valence-electron chi connectivity index (χ2n) is 6.68. The molecule has 1 amide bonds. The van der Waals surface area contributed by atoms with Crippen LogP contribution in [0.1, 0.15) is 16.4 Å². The van der Waals surface area contributed by atoms with Gasteiger partial charge in [-0.05, 0) is 35.4 Å². The summed E-state index contributed by atoms with van der Waals surface area (Å²) < 4.78 is 18.4. The van der Waals surface area contributed by atoms with Crippen LogP contribution in [-0.4, -0.2) is 23.0 Å². The number of aromatic amines is 1. The highest BCUT2D eigenvalue weighted by atomic mass is 32.2. The Balaban J connectivity index is 1.55. The van der Waals surface area contributed by atoms with Gasteiger partial charge in [0, 0.05) is 12.6 Å². The van der Waals surface area contributed by atoms with Gasteiger partial charge in [0.15, 0.2) is 5.16 Å². The molecule has 0 saturated carbocycles. The molecule has 7 heteroatoms. The maximum absolute atomic E-state index is 13.1. The van der Waals surface area contributed by atoms with E-state index in [9.17, 15) is 9.18 Å². The van der Waals surface area contributed by atoms with E-state index >= 15 is 0 Å². The Labute approximate surface area is 177 Å². The van der Waals surface area contributed by atoms with Gasteiger partial charge in [-0.15, -0.1) is 0 Å². The van der Waals surface area contributed by atoms with Crippen LogP contribution in [0.3, 0.4) is 0 Å². The molecule has 0 aliphatic carbocycles. The number of carbonyl (C=O) groups excluding carboxylic acids is 1. The Hall–Kier alpha value is -3.32. The van der Waals surface area contributed by atoms with Gasteiger partial charge in [-0.2, -0.15) is 0 Å². The van der Waals surface area contributed by atoms with Gasteiger partial charge in [0.1, 0.15) is 16.8 Å².